The molecule has 2 aromatic rings. The summed E-state index contributed by atoms with van der Waals surface area (Å²) in [6.45, 7) is 2.10. The zero-order valence-corrected chi connectivity index (χ0v) is 14.0. The predicted octanol–water partition coefficient (Wildman–Crippen LogP) is 2.22. The Balaban J connectivity index is 0.00000121. The minimum absolute atomic E-state index is 0. The number of hydrogen-bond acceptors (Lipinski definition) is 3. The van der Waals surface area contributed by atoms with Crippen LogP contribution < -0.4 is 5.73 Å². The van der Waals surface area contributed by atoms with Crippen molar-refractivity contribution in [1.82, 2.24) is 14.5 Å². The monoisotopic (exact) mass is 344 g/mol. The topological polar surface area (TPSA) is 64.2 Å². The van der Waals surface area contributed by atoms with Crippen molar-refractivity contribution in [3.63, 3.8) is 0 Å². The molecule has 1 fully saturated rings. The predicted molar refractivity (Wildman–Crippen MR) is 92.6 cm³/mol. The highest BCUT2D eigenvalue weighted by Gasteiger charge is 2.26. The second-order valence-electron chi connectivity index (χ2n) is 5.30. The summed E-state index contributed by atoms with van der Waals surface area (Å²) in [7, 11) is 0. The molecule has 1 aromatic carbocycles. The standard InChI is InChI=1S/C15H20N4O.2ClH/c16-10-12-4-3-8-19(12)15(20)7-9-18-11-17-13-5-1-2-6-14(13)18;;/h1-2,5-6,11-12H,3-4,7-10,16H2;2*1H. The summed E-state index contributed by atoms with van der Waals surface area (Å²) in [6.07, 6.45) is 4.43. The fourth-order valence-electron chi connectivity index (χ4n) is 2.96. The molecule has 2 N–H and O–H groups in total. The minimum atomic E-state index is 0. The van der Waals surface area contributed by atoms with Crippen molar-refractivity contribution in [2.24, 2.45) is 5.73 Å². The molecule has 1 amide bonds. The number of imidazole rings is 1. The number of carbonyl (C=O) groups is 1. The largest absolute Gasteiger partial charge is 0.338 e. The lowest BCUT2D eigenvalue weighted by atomic mass is 10.2. The summed E-state index contributed by atoms with van der Waals surface area (Å²) in [5, 5.41) is 0. The van der Waals surface area contributed by atoms with Gasteiger partial charge in [0.1, 0.15) is 0 Å². The lowest BCUT2D eigenvalue weighted by molar-refractivity contribution is -0.132. The maximum atomic E-state index is 12.3. The summed E-state index contributed by atoms with van der Waals surface area (Å²) in [5.74, 6) is 0.204. The molecule has 5 nitrogen and oxygen atoms in total. The third kappa shape index (κ3) is 3.72. The Labute approximate surface area is 142 Å². The van der Waals surface area contributed by atoms with Gasteiger partial charge in [-0.1, -0.05) is 12.1 Å². The van der Waals surface area contributed by atoms with Crippen molar-refractivity contribution < 1.29 is 4.79 Å². The van der Waals surface area contributed by atoms with Crippen LogP contribution in [0.15, 0.2) is 30.6 Å². The van der Waals surface area contributed by atoms with Gasteiger partial charge in [0.2, 0.25) is 5.91 Å². The first-order valence-electron chi connectivity index (χ1n) is 7.19. The molecule has 1 aliphatic rings. The average Bonchev–Trinajstić information content (AvgIpc) is 3.11. The van der Waals surface area contributed by atoms with Crippen molar-refractivity contribution in [1.29, 1.82) is 0 Å². The molecule has 0 radical (unpaired) electrons. The normalized spacial score (nSPS) is 17.1. The Bertz CT molecular complexity index is 616. The number of benzene rings is 1. The van der Waals surface area contributed by atoms with Gasteiger partial charge in [0.05, 0.1) is 17.4 Å². The highest BCUT2D eigenvalue weighted by Crippen LogP contribution is 2.18. The molecule has 0 saturated carbocycles. The van der Waals surface area contributed by atoms with Gasteiger partial charge in [-0.2, -0.15) is 0 Å². The molecule has 0 aliphatic carbocycles. The molecule has 22 heavy (non-hydrogen) atoms. The average molecular weight is 345 g/mol. The Kier molecular flexibility index (Phi) is 7.13. The summed E-state index contributed by atoms with van der Waals surface area (Å²) in [4.78, 5) is 18.6. The van der Waals surface area contributed by atoms with E-state index in [1.165, 1.54) is 0 Å². The maximum absolute atomic E-state index is 12.3. The van der Waals surface area contributed by atoms with E-state index in [0.29, 0.717) is 19.5 Å². The Morgan fingerprint density at radius 3 is 2.86 bits per heavy atom. The number of aromatic nitrogens is 2. The molecule has 1 saturated heterocycles. The molecule has 0 bridgehead atoms. The highest BCUT2D eigenvalue weighted by molar-refractivity contribution is 5.85. The number of aryl methyl sites for hydroxylation is 1. The van der Waals surface area contributed by atoms with E-state index in [-0.39, 0.29) is 36.8 Å². The number of rotatable bonds is 4. The first kappa shape index (κ1) is 18.7. The van der Waals surface area contributed by atoms with Crippen molar-refractivity contribution >= 4 is 41.8 Å². The smallest absolute Gasteiger partial charge is 0.224 e. The highest BCUT2D eigenvalue weighted by atomic mass is 35.5. The second-order valence-corrected chi connectivity index (χ2v) is 5.30. The molecule has 1 atom stereocenters. The van der Waals surface area contributed by atoms with Crippen LogP contribution in [0.5, 0.6) is 0 Å². The van der Waals surface area contributed by atoms with Gasteiger partial charge in [-0.05, 0) is 25.0 Å². The van der Waals surface area contributed by atoms with Gasteiger partial charge < -0.3 is 15.2 Å². The van der Waals surface area contributed by atoms with Crippen LogP contribution >= 0.6 is 24.8 Å². The van der Waals surface area contributed by atoms with Crippen LogP contribution in [0.3, 0.4) is 0 Å². The molecule has 1 aliphatic heterocycles. The van der Waals surface area contributed by atoms with Gasteiger partial charge in [0.15, 0.2) is 0 Å². The maximum Gasteiger partial charge on any atom is 0.224 e. The lowest BCUT2D eigenvalue weighted by Crippen LogP contribution is -2.40. The van der Waals surface area contributed by atoms with Crippen molar-refractivity contribution in [2.45, 2.75) is 31.8 Å². The Morgan fingerprint density at radius 2 is 2.09 bits per heavy atom. The number of hydrogen-bond donors (Lipinski definition) is 1. The van der Waals surface area contributed by atoms with Crippen LogP contribution in [0.25, 0.3) is 11.0 Å². The first-order valence-corrected chi connectivity index (χ1v) is 7.19. The van der Waals surface area contributed by atoms with Crippen LogP contribution in [-0.4, -0.2) is 39.5 Å². The van der Waals surface area contributed by atoms with Crippen molar-refractivity contribution in [3.05, 3.63) is 30.6 Å². The molecule has 0 spiro atoms. The van der Waals surface area contributed by atoms with Gasteiger partial charge in [-0.3, -0.25) is 4.79 Å². The summed E-state index contributed by atoms with van der Waals surface area (Å²) in [6, 6.07) is 8.22. The molecule has 2 heterocycles. The van der Waals surface area contributed by atoms with Crippen LogP contribution in [-0.2, 0) is 11.3 Å². The molecule has 3 rings (SSSR count). The molecule has 7 heteroatoms. The van der Waals surface area contributed by atoms with Crippen LogP contribution in [0.2, 0.25) is 0 Å². The number of amides is 1. The number of nitrogens with two attached hydrogens (primary N) is 1. The van der Waals surface area contributed by atoms with E-state index in [1.807, 2.05) is 40.1 Å². The van der Waals surface area contributed by atoms with E-state index in [9.17, 15) is 4.79 Å². The van der Waals surface area contributed by atoms with E-state index < -0.39 is 0 Å². The number of nitrogens with zero attached hydrogens (tertiary/aromatic N) is 3. The van der Waals surface area contributed by atoms with Gasteiger partial charge >= 0.3 is 0 Å². The molecule has 1 unspecified atom stereocenters. The zero-order valence-electron chi connectivity index (χ0n) is 12.4. The number of likely N-dealkylation sites (tertiary alicyclic amines) is 1. The lowest BCUT2D eigenvalue weighted by Gasteiger charge is -2.23. The van der Waals surface area contributed by atoms with E-state index >= 15 is 0 Å². The van der Waals surface area contributed by atoms with E-state index in [4.69, 9.17) is 5.73 Å². The Hall–Kier alpha value is -1.30. The number of carbonyl (C=O) groups excluding carboxylic acids is 1. The van der Waals surface area contributed by atoms with Crippen molar-refractivity contribution in [2.75, 3.05) is 13.1 Å². The summed E-state index contributed by atoms with van der Waals surface area (Å²) in [5.41, 5.74) is 7.77. The van der Waals surface area contributed by atoms with Crippen LogP contribution in [0.1, 0.15) is 19.3 Å². The van der Waals surface area contributed by atoms with Gasteiger partial charge in [0.25, 0.3) is 0 Å². The quantitative estimate of drug-likeness (QED) is 0.924. The second kappa shape index (κ2) is 8.36. The van der Waals surface area contributed by atoms with Gasteiger partial charge in [0, 0.05) is 32.1 Å². The van der Waals surface area contributed by atoms with Gasteiger partial charge in [-0.15, -0.1) is 24.8 Å². The number of halogens is 2. The van der Waals surface area contributed by atoms with E-state index in [2.05, 4.69) is 4.98 Å². The molecular formula is C15H22Cl2N4O. The molecular weight excluding hydrogens is 323 g/mol. The number of fused-ring (bicyclic) bond motifs is 1. The van der Waals surface area contributed by atoms with Crippen LogP contribution in [0.4, 0.5) is 0 Å². The summed E-state index contributed by atoms with van der Waals surface area (Å²) < 4.78 is 2.04. The summed E-state index contributed by atoms with van der Waals surface area (Å²) >= 11 is 0. The number of para-hydroxylation sites is 2. The zero-order chi connectivity index (χ0) is 13.9. The third-order valence-corrected chi connectivity index (χ3v) is 4.06. The van der Waals surface area contributed by atoms with Crippen molar-refractivity contribution in [3.8, 4) is 0 Å². The Morgan fingerprint density at radius 1 is 1.32 bits per heavy atom. The molecule has 122 valence electrons. The van der Waals surface area contributed by atoms with Crippen LogP contribution in [0, 0.1) is 0 Å². The fourth-order valence-corrected chi connectivity index (χ4v) is 2.96. The first-order chi connectivity index (χ1) is 9.79. The minimum Gasteiger partial charge on any atom is -0.338 e. The fraction of sp³-hybridized carbons (Fsp3) is 0.467. The van der Waals surface area contributed by atoms with E-state index in [1.54, 1.807) is 0 Å². The SMILES string of the molecule is Cl.Cl.NCC1CCCN1C(=O)CCn1cnc2ccccc21. The third-order valence-electron chi connectivity index (χ3n) is 4.06. The molecule has 1 aromatic heterocycles. The van der Waals surface area contributed by atoms with E-state index in [0.717, 1.165) is 30.4 Å². The van der Waals surface area contributed by atoms with Gasteiger partial charge in [-0.25, -0.2) is 4.98 Å².